The third-order valence-corrected chi connectivity index (χ3v) is 5.12. The van der Waals surface area contributed by atoms with Crippen LogP contribution in [-0.2, 0) is 0 Å². The number of nitro groups is 1. The molecule has 0 atom stereocenters. The fourth-order valence-electron chi connectivity index (χ4n) is 1.58. The van der Waals surface area contributed by atoms with E-state index in [0.29, 0.717) is 37.1 Å². The number of non-ortho nitro benzene ring substituents is 1. The highest BCUT2D eigenvalue weighted by Gasteiger charge is 2.62. The molecule has 1 rings (SSSR count). The van der Waals surface area contributed by atoms with E-state index in [-0.39, 0.29) is 6.42 Å². The predicted molar refractivity (Wildman–Crippen MR) is 76.8 cm³/mol. The van der Waals surface area contributed by atoms with Crippen LogP contribution in [0.1, 0.15) is 26.2 Å². The number of hydrogen-bond donors (Lipinski definition) is 0. The van der Waals surface area contributed by atoms with E-state index in [1.165, 1.54) is 0 Å². The van der Waals surface area contributed by atoms with Crippen LogP contribution in [0.25, 0.3) is 0 Å². The van der Waals surface area contributed by atoms with Crippen LogP contribution in [0.2, 0.25) is 0 Å². The Bertz CT molecular complexity index is 582. The van der Waals surface area contributed by atoms with Crippen molar-refractivity contribution in [2.75, 3.05) is 0 Å². The molecule has 0 N–H and O–H groups in total. The highest BCUT2D eigenvalue weighted by molar-refractivity contribution is 8.52. The lowest BCUT2D eigenvalue weighted by atomic mass is 10.2. The minimum absolute atomic E-state index is 0.0767. The Morgan fingerprint density at radius 1 is 1.29 bits per heavy atom. The molecule has 0 amide bonds. The smallest absolute Gasteiger partial charge is 0.258 e. The van der Waals surface area contributed by atoms with Crippen LogP contribution < -0.4 is 0 Å². The molecule has 9 heteroatoms. The Morgan fingerprint density at radius 3 is 2.24 bits per heavy atom. The van der Waals surface area contributed by atoms with E-state index < -0.39 is 35.8 Å². The molecule has 0 unspecified atom stereocenters. The van der Waals surface area contributed by atoms with E-state index in [9.17, 15) is 25.7 Å². The maximum Gasteiger partial charge on any atom is 0.269 e. The van der Waals surface area contributed by atoms with Crippen LogP contribution in [-0.4, -0.2) is 4.92 Å². The largest absolute Gasteiger partial charge is 0.269 e. The topological polar surface area (TPSA) is 43.1 Å². The van der Waals surface area contributed by atoms with Crippen LogP contribution in [0.4, 0.5) is 21.2 Å². The van der Waals surface area contributed by atoms with Crippen molar-refractivity contribution in [2.45, 2.75) is 31.1 Å². The molecule has 0 bridgehead atoms. The first kappa shape index (κ1) is 17.8. The second-order valence-corrected chi connectivity index (χ2v) is 8.01. The van der Waals surface area contributed by atoms with Gasteiger partial charge in [-0.3, -0.25) is 10.1 Å². The monoisotopic (exact) mass is 347 g/mol. The van der Waals surface area contributed by atoms with Crippen molar-refractivity contribution in [2.24, 2.45) is 0 Å². The number of nitro benzene ring substituents is 1. The molecular formula is C12H14ClF4NO2S. The third-order valence-electron chi connectivity index (χ3n) is 2.67. The number of allylic oxidation sites excluding steroid dienone is 1. The van der Waals surface area contributed by atoms with Gasteiger partial charge < -0.3 is 0 Å². The number of rotatable bonds is 6. The highest BCUT2D eigenvalue weighted by Crippen LogP contribution is 3.02. The van der Waals surface area contributed by atoms with Gasteiger partial charge in [-0.25, -0.2) is 0 Å². The Labute approximate surface area is 124 Å². The summed E-state index contributed by atoms with van der Waals surface area (Å²) in [4.78, 5) is 8.00. The van der Waals surface area contributed by atoms with Crippen molar-refractivity contribution in [1.29, 1.82) is 0 Å². The van der Waals surface area contributed by atoms with Gasteiger partial charge in [0.25, 0.3) is 5.69 Å². The first-order valence-electron chi connectivity index (χ1n) is 6.01. The van der Waals surface area contributed by atoms with Gasteiger partial charge in [0.2, 0.25) is 9.84 Å². The molecule has 0 aromatic heterocycles. The predicted octanol–water partition coefficient (Wildman–Crippen LogP) is 6.64. The molecule has 3 nitrogen and oxygen atoms in total. The summed E-state index contributed by atoms with van der Waals surface area (Å²) < 4.78 is 56.0. The van der Waals surface area contributed by atoms with Crippen LogP contribution in [0.15, 0.2) is 39.6 Å². The molecule has 1 aromatic carbocycles. The summed E-state index contributed by atoms with van der Waals surface area (Å²) >= 11 is 5.48. The van der Waals surface area contributed by atoms with E-state index in [1.54, 1.807) is 6.92 Å². The zero-order chi connectivity index (χ0) is 16.4. The molecule has 0 saturated carbocycles. The summed E-state index contributed by atoms with van der Waals surface area (Å²) in [5.41, 5.74) is -0.548. The zero-order valence-electron chi connectivity index (χ0n) is 11.1. The Balaban J connectivity index is 3.28. The average Bonchev–Trinajstić information content (AvgIpc) is 2.34. The molecule has 0 radical (unpaired) electrons. The van der Waals surface area contributed by atoms with E-state index in [4.69, 9.17) is 11.6 Å². The molecule has 0 heterocycles. The van der Waals surface area contributed by atoms with Gasteiger partial charge in [0, 0.05) is 17.2 Å². The molecule has 0 fully saturated rings. The Morgan fingerprint density at radius 2 is 1.81 bits per heavy atom. The molecule has 120 valence electrons. The molecule has 0 saturated heterocycles. The number of hydrogen-bond acceptors (Lipinski definition) is 2. The highest BCUT2D eigenvalue weighted by atomic mass is 35.5. The SMILES string of the molecule is CCCCC(Cl)=CS(F)(F)(F)(F)c1ccc([N+](=O)[O-])cc1. The summed E-state index contributed by atoms with van der Waals surface area (Å²) in [6.07, 6.45) is 0.950. The van der Waals surface area contributed by atoms with Crippen molar-refractivity contribution in [3.63, 3.8) is 0 Å². The summed E-state index contributed by atoms with van der Waals surface area (Å²) in [6.45, 7) is 1.77. The van der Waals surface area contributed by atoms with Crippen LogP contribution in [0.5, 0.6) is 0 Å². The second-order valence-electron chi connectivity index (χ2n) is 4.55. The summed E-state index contributed by atoms with van der Waals surface area (Å²) in [7, 11) is -8.69. The minimum atomic E-state index is -8.69. The second kappa shape index (κ2) is 5.17. The fraction of sp³-hybridized carbons (Fsp3) is 0.333. The summed E-state index contributed by atoms with van der Waals surface area (Å²) in [5.74, 6) is 0. The summed E-state index contributed by atoms with van der Waals surface area (Å²) in [6, 6.07) is 1.95. The first-order valence-corrected chi connectivity index (χ1v) is 8.50. The number of nitrogens with zero attached hydrogens (tertiary/aromatic N) is 1. The molecular weight excluding hydrogens is 334 g/mol. The van der Waals surface area contributed by atoms with Gasteiger partial charge in [0.1, 0.15) is 0 Å². The van der Waals surface area contributed by atoms with E-state index >= 15 is 0 Å². The third kappa shape index (κ3) is 4.60. The van der Waals surface area contributed by atoms with Crippen molar-refractivity contribution in [3.05, 3.63) is 44.8 Å². The van der Waals surface area contributed by atoms with E-state index in [0.717, 1.165) is 0 Å². The van der Waals surface area contributed by atoms with Gasteiger partial charge in [-0.15, -0.1) is 15.5 Å². The number of benzene rings is 1. The Hall–Kier alpha value is -1.28. The summed E-state index contributed by atoms with van der Waals surface area (Å²) in [5, 5.41) is 9.33. The molecule has 0 aliphatic heterocycles. The molecule has 0 aliphatic rings. The van der Waals surface area contributed by atoms with E-state index in [1.807, 2.05) is 0 Å². The minimum Gasteiger partial charge on any atom is -0.258 e. The number of halogens is 5. The molecule has 0 spiro atoms. The fourth-order valence-corrected chi connectivity index (χ4v) is 3.73. The van der Waals surface area contributed by atoms with Gasteiger partial charge in [0.05, 0.1) is 15.2 Å². The van der Waals surface area contributed by atoms with Crippen molar-refractivity contribution < 1.29 is 20.5 Å². The van der Waals surface area contributed by atoms with Gasteiger partial charge in [-0.2, -0.15) is 0 Å². The van der Waals surface area contributed by atoms with Gasteiger partial charge in [0.15, 0.2) is 0 Å². The van der Waals surface area contributed by atoms with Crippen LogP contribution in [0.3, 0.4) is 0 Å². The maximum absolute atomic E-state index is 14.0. The average molecular weight is 348 g/mol. The van der Waals surface area contributed by atoms with Crippen molar-refractivity contribution in [1.82, 2.24) is 0 Å². The quantitative estimate of drug-likeness (QED) is 0.329. The lowest BCUT2D eigenvalue weighted by Crippen LogP contribution is -2.11. The lowest BCUT2D eigenvalue weighted by Gasteiger charge is -2.47. The van der Waals surface area contributed by atoms with Gasteiger partial charge in [-0.05, 0) is 25.0 Å². The standard InChI is InChI=1S/C12H14ClF4NO2S/c1-2-3-4-10(13)9-21(14,15,16,17)12-7-5-11(6-8-12)18(19)20/h5-9H,2-4H2,1H3. The lowest BCUT2D eigenvalue weighted by molar-refractivity contribution is -0.384. The normalized spacial score (nSPS) is 16.2. The molecule has 0 aliphatic carbocycles. The van der Waals surface area contributed by atoms with Gasteiger partial charge in [-0.1, -0.05) is 24.9 Å². The number of unbranched alkanes of at least 4 members (excludes halogenated alkanes) is 1. The van der Waals surface area contributed by atoms with Crippen molar-refractivity contribution >= 4 is 27.1 Å². The van der Waals surface area contributed by atoms with Gasteiger partial charge >= 0.3 is 0 Å². The first-order chi connectivity index (χ1) is 9.38. The zero-order valence-corrected chi connectivity index (χ0v) is 12.6. The molecule has 1 aromatic rings. The Kier molecular flexibility index (Phi) is 4.37. The van der Waals surface area contributed by atoms with E-state index in [2.05, 4.69) is 0 Å². The van der Waals surface area contributed by atoms with Crippen molar-refractivity contribution in [3.8, 4) is 0 Å². The van der Waals surface area contributed by atoms with Crippen LogP contribution in [0, 0.1) is 10.1 Å². The maximum atomic E-state index is 14.0. The van der Waals surface area contributed by atoms with Crippen LogP contribution >= 0.6 is 21.4 Å². The molecule has 21 heavy (non-hydrogen) atoms.